The van der Waals surface area contributed by atoms with Crippen molar-refractivity contribution in [3.63, 3.8) is 0 Å². The topological polar surface area (TPSA) is 0 Å². The lowest BCUT2D eigenvalue weighted by Gasteiger charge is -2.33. The van der Waals surface area contributed by atoms with Gasteiger partial charge in [-0.25, -0.2) is 0 Å². The van der Waals surface area contributed by atoms with E-state index in [4.69, 9.17) is 0 Å². The number of hydrogen-bond donors (Lipinski definition) is 0. The fourth-order valence-electron chi connectivity index (χ4n) is 5.05. The minimum absolute atomic E-state index is 0.943. The zero-order valence-electron chi connectivity index (χ0n) is 15.6. The van der Waals surface area contributed by atoms with Gasteiger partial charge in [0.1, 0.15) is 0 Å². The van der Waals surface area contributed by atoms with Crippen molar-refractivity contribution in [1.29, 1.82) is 0 Å². The fourth-order valence-corrected chi connectivity index (χ4v) is 5.05. The summed E-state index contributed by atoms with van der Waals surface area (Å²) < 4.78 is 0. The number of rotatable bonds is 4. The van der Waals surface area contributed by atoms with Gasteiger partial charge in [-0.15, -0.1) is 0 Å². The number of hydrogen-bond acceptors (Lipinski definition) is 0. The first-order valence-electron chi connectivity index (χ1n) is 10.2. The molecule has 0 N–H and O–H groups in total. The monoisotopic (exact) mass is 312 g/mol. The molecule has 1 aromatic carbocycles. The number of benzene rings is 1. The Morgan fingerprint density at radius 2 is 1.35 bits per heavy atom. The van der Waals surface area contributed by atoms with Gasteiger partial charge in [0.05, 0.1) is 0 Å². The number of aryl methyl sites for hydroxylation is 1. The van der Waals surface area contributed by atoms with Gasteiger partial charge >= 0.3 is 0 Å². The van der Waals surface area contributed by atoms with Crippen molar-refractivity contribution in [3.05, 3.63) is 34.9 Å². The SMILES string of the molecule is Cc1cccc(CC2CCC(CC3CCC(C)CC3)CC2)c1C. The molecular formula is C23H36. The first-order chi connectivity index (χ1) is 11.1. The largest absolute Gasteiger partial charge is 0.0625 e. The normalized spacial score (nSPS) is 32.0. The maximum absolute atomic E-state index is 2.44. The van der Waals surface area contributed by atoms with Gasteiger partial charge in [0.2, 0.25) is 0 Å². The maximum Gasteiger partial charge on any atom is -0.0248 e. The molecule has 2 fully saturated rings. The van der Waals surface area contributed by atoms with Gasteiger partial charge in [0.15, 0.2) is 0 Å². The average molecular weight is 313 g/mol. The third-order valence-electron chi connectivity index (χ3n) is 6.99. The van der Waals surface area contributed by atoms with Crippen LogP contribution in [-0.2, 0) is 6.42 Å². The predicted molar refractivity (Wildman–Crippen MR) is 101 cm³/mol. The van der Waals surface area contributed by atoms with Crippen LogP contribution in [0.15, 0.2) is 18.2 Å². The molecule has 1 aromatic rings. The third-order valence-corrected chi connectivity index (χ3v) is 6.99. The van der Waals surface area contributed by atoms with Crippen LogP contribution in [0.1, 0.15) is 81.4 Å². The van der Waals surface area contributed by atoms with E-state index in [-0.39, 0.29) is 0 Å². The van der Waals surface area contributed by atoms with Crippen molar-refractivity contribution < 1.29 is 0 Å². The van der Waals surface area contributed by atoms with Crippen molar-refractivity contribution in [3.8, 4) is 0 Å². The van der Waals surface area contributed by atoms with Crippen LogP contribution in [0.5, 0.6) is 0 Å². The quantitative estimate of drug-likeness (QED) is 0.569. The van der Waals surface area contributed by atoms with Crippen LogP contribution >= 0.6 is 0 Å². The van der Waals surface area contributed by atoms with Crippen molar-refractivity contribution >= 4 is 0 Å². The Kier molecular flexibility index (Phi) is 5.83. The van der Waals surface area contributed by atoms with E-state index in [0.717, 1.165) is 23.7 Å². The molecule has 0 aliphatic heterocycles. The highest BCUT2D eigenvalue weighted by atomic mass is 14.3. The Balaban J connectivity index is 1.44. The summed E-state index contributed by atoms with van der Waals surface area (Å²) in [5.74, 6) is 4.05. The zero-order valence-corrected chi connectivity index (χ0v) is 15.6. The molecule has 128 valence electrons. The first-order valence-corrected chi connectivity index (χ1v) is 10.2. The van der Waals surface area contributed by atoms with Crippen LogP contribution in [0.3, 0.4) is 0 Å². The van der Waals surface area contributed by atoms with E-state index in [2.05, 4.69) is 39.0 Å². The lowest BCUT2D eigenvalue weighted by atomic mass is 9.72. The van der Waals surface area contributed by atoms with E-state index in [1.54, 1.807) is 12.0 Å². The molecule has 0 heterocycles. The second kappa shape index (κ2) is 7.86. The summed E-state index contributed by atoms with van der Waals surface area (Å²) in [6, 6.07) is 6.85. The van der Waals surface area contributed by atoms with Crippen molar-refractivity contribution in [2.45, 2.75) is 85.0 Å². The summed E-state index contributed by atoms with van der Waals surface area (Å²) in [6.45, 7) is 7.00. The second-order valence-corrected chi connectivity index (χ2v) is 8.81. The Hall–Kier alpha value is -0.780. The Morgan fingerprint density at radius 1 is 0.783 bits per heavy atom. The first kappa shape index (κ1) is 17.1. The molecular weight excluding hydrogens is 276 g/mol. The molecule has 0 spiro atoms. The molecule has 2 aliphatic carbocycles. The van der Waals surface area contributed by atoms with Gasteiger partial charge in [-0.1, -0.05) is 63.6 Å². The molecule has 3 rings (SSSR count). The molecule has 0 bridgehead atoms. The van der Waals surface area contributed by atoms with Gasteiger partial charge in [-0.3, -0.25) is 0 Å². The van der Waals surface area contributed by atoms with E-state index in [1.807, 2.05) is 0 Å². The van der Waals surface area contributed by atoms with Crippen LogP contribution in [0.25, 0.3) is 0 Å². The smallest absolute Gasteiger partial charge is 0.0248 e. The van der Waals surface area contributed by atoms with Crippen LogP contribution in [0.2, 0.25) is 0 Å². The summed E-state index contributed by atoms with van der Waals surface area (Å²) in [5.41, 5.74) is 4.60. The highest BCUT2D eigenvalue weighted by Gasteiger charge is 2.26. The van der Waals surface area contributed by atoms with Crippen LogP contribution in [0, 0.1) is 37.5 Å². The highest BCUT2D eigenvalue weighted by Crippen LogP contribution is 2.39. The van der Waals surface area contributed by atoms with Crippen LogP contribution in [0.4, 0.5) is 0 Å². The van der Waals surface area contributed by atoms with Crippen LogP contribution < -0.4 is 0 Å². The van der Waals surface area contributed by atoms with E-state index in [0.29, 0.717) is 0 Å². The van der Waals surface area contributed by atoms with E-state index in [1.165, 1.54) is 68.9 Å². The van der Waals surface area contributed by atoms with Gasteiger partial charge in [-0.05, 0) is 79.9 Å². The molecule has 2 aliphatic rings. The lowest BCUT2D eigenvalue weighted by Crippen LogP contribution is -2.21. The Morgan fingerprint density at radius 3 is 2.00 bits per heavy atom. The zero-order chi connectivity index (χ0) is 16.2. The van der Waals surface area contributed by atoms with Gasteiger partial charge in [-0.2, -0.15) is 0 Å². The standard InChI is InChI=1S/C23H36/c1-17-7-9-20(10-8-17)15-21-11-13-22(14-12-21)16-23-6-4-5-18(2)19(23)3/h4-6,17,20-22H,7-16H2,1-3H3. The highest BCUT2D eigenvalue weighted by molar-refractivity contribution is 5.33. The summed E-state index contributed by atoms with van der Waals surface area (Å²) in [7, 11) is 0. The second-order valence-electron chi connectivity index (χ2n) is 8.81. The van der Waals surface area contributed by atoms with Crippen molar-refractivity contribution in [1.82, 2.24) is 0 Å². The summed E-state index contributed by atoms with van der Waals surface area (Å²) >= 11 is 0. The predicted octanol–water partition coefficient (Wildman–Crippen LogP) is 6.87. The van der Waals surface area contributed by atoms with E-state index >= 15 is 0 Å². The summed E-state index contributed by atoms with van der Waals surface area (Å²) in [5, 5.41) is 0. The molecule has 0 atom stereocenters. The van der Waals surface area contributed by atoms with Crippen molar-refractivity contribution in [2.24, 2.45) is 23.7 Å². The molecule has 0 amide bonds. The maximum atomic E-state index is 2.44. The fraction of sp³-hybridized carbons (Fsp3) is 0.739. The lowest BCUT2D eigenvalue weighted by molar-refractivity contribution is 0.195. The minimum atomic E-state index is 0.943. The molecule has 23 heavy (non-hydrogen) atoms. The molecule has 0 heteroatoms. The molecule has 0 saturated heterocycles. The third kappa shape index (κ3) is 4.61. The minimum Gasteiger partial charge on any atom is -0.0625 e. The van der Waals surface area contributed by atoms with E-state index in [9.17, 15) is 0 Å². The van der Waals surface area contributed by atoms with E-state index < -0.39 is 0 Å². The molecule has 0 aromatic heterocycles. The molecule has 0 nitrogen and oxygen atoms in total. The average Bonchev–Trinajstić information content (AvgIpc) is 2.56. The Bertz CT molecular complexity index is 485. The van der Waals surface area contributed by atoms with Crippen LogP contribution in [-0.4, -0.2) is 0 Å². The van der Waals surface area contributed by atoms with Gasteiger partial charge in [0, 0.05) is 0 Å². The molecule has 0 radical (unpaired) electrons. The Labute approximate surface area is 144 Å². The molecule has 2 saturated carbocycles. The molecule has 0 unspecified atom stereocenters. The van der Waals surface area contributed by atoms with Gasteiger partial charge in [0.25, 0.3) is 0 Å². The van der Waals surface area contributed by atoms with Crippen molar-refractivity contribution in [2.75, 3.05) is 0 Å². The summed E-state index contributed by atoms with van der Waals surface area (Å²) in [6.07, 6.45) is 14.8. The van der Waals surface area contributed by atoms with Gasteiger partial charge < -0.3 is 0 Å². The summed E-state index contributed by atoms with van der Waals surface area (Å²) in [4.78, 5) is 0.